The second-order valence-corrected chi connectivity index (χ2v) is 6.84. The van der Waals surface area contributed by atoms with Crippen molar-refractivity contribution in [2.24, 2.45) is 5.92 Å². The Balaban J connectivity index is 2.42. The fourth-order valence-corrected chi connectivity index (χ4v) is 2.70. The van der Waals surface area contributed by atoms with Crippen molar-refractivity contribution in [2.75, 3.05) is 14.1 Å². The number of rotatable bonds is 4. The molecule has 0 saturated heterocycles. The monoisotopic (exact) mass is 347 g/mol. The van der Waals surface area contributed by atoms with E-state index in [1.54, 1.807) is 38.4 Å². The van der Waals surface area contributed by atoms with E-state index in [1.807, 2.05) is 20.8 Å². The number of nitrogens with one attached hydrogen (secondary N) is 1. The van der Waals surface area contributed by atoms with E-state index in [2.05, 4.69) is 10.3 Å². The third kappa shape index (κ3) is 3.85. The molecule has 1 unspecified atom stereocenters. The van der Waals surface area contributed by atoms with E-state index in [9.17, 15) is 9.59 Å². The van der Waals surface area contributed by atoms with Crippen molar-refractivity contribution >= 4 is 34.3 Å². The van der Waals surface area contributed by atoms with Crippen LogP contribution in [0.25, 0.3) is 10.9 Å². The van der Waals surface area contributed by atoms with Gasteiger partial charge in [0.2, 0.25) is 5.91 Å². The maximum atomic E-state index is 12.8. The van der Waals surface area contributed by atoms with Crippen LogP contribution in [-0.2, 0) is 4.79 Å². The summed E-state index contributed by atoms with van der Waals surface area (Å²) in [6, 6.07) is 6.37. The van der Waals surface area contributed by atoms with Crippen molar-refractivity contribution < 1.29 is 9.59 Å². The lowest BCUT2D eigenvalue weighted by Gasteiger charge is -2.25. The van der Waals surface area contributed by atoms with Crippen molar-refractivity contribution in [1.29, 1.82) is 0 Å². The molecule has 0 aliphatic carbocycles. The molecule has 0 aliphatic heterocycles. The Bertz CT molecular complexity index is 782. The standard InChI is InChI=1S/C18H22ClN3O2/c1-10(2)16(18(24)22(4)5)21-17(23)14-8-11(3)20-15-9-12(19)6-7-13(14)15/h6-10,16H,1-5H3,(H,21,23). The number of likely N-dealkylation sites (N-methyl/N-ethyl adjacent to an activating group) is 1. The van der Waals surface area contributed by atoms with Gasteiger partial charge in [0.1, 0.15) is 6.04 Å². The number of halogens is 1. The highest BCUT2D eigenvalue weighted by atomic mass is 35.5. The zero-order chi connectivity index (χ0) is 18.0. The van der Waals surface area contributed by atoms with E-state index in [0.717, 1.165) is 5.69 Å². The largest absolute Gasteiger partial charge is 0.347 e. The number of fused-ring (bicyclic) bond motifs is 1. The Morgan fingerprint density at radius 1 is 1.21 bits per heavy atom. The fourth-order valence-electron chi connectivity index (χ4n) is 2.53. The summed E-state index contributed by atoms with van der Waals surface area (Å²) >= 11 is 6.01. The van der Waals surface area contributed by atoms with Gasteiger partial charge in [0, 0.05) is 30.2 Å². The number of aryl methyl sites for hydroxylation is 1. The van der Waals surface area contributed by atoms with E-state index in [4.69, 9.17) is 11.6 Å². The van der Waals surface area contributed by atoms with E-state index in [0.29, 0.717) is 21.5 Å². The second kappa shape index (κ2) is 7.18. The van der Waals surface area contributed by atoms with Gasteiger partial charge >= 0.3 is 0 Å². The van der Waals surface area contributed by atoms with E-state index in [-0.39, 0.29) is 17.7 Å². The third-order valence-corrected chi connectivity index (χ3v) is 4.04. The average molecular weight is 348 g/mol. The number of carbonyl (C=O) groups is 2. The van der Waals surface area contributed by atoms with Crippen molar-refractivity contribution in [3.8, 4) is 0 Å². The number of benzene rings is 1. The summed E-state index contributed by atoms with van der Waals surface area (Å²) in [5, 5.41) is 4.13. The van der Waals surface area contributed by atoms with Gasteiger partial charge in [-0.15, -0.1) is 0 Å². The predicted molar refractivity (Wildman–Crippen MR) is 96.3 cm³/mol. The number of amides is 2. The van der Waals surface area contributed by atoms with E-state index in [1.165, 1.54) is 4.90 Å². The van der Waals surface area contributed by atoms with Crippen LogP contribution in [0.4, 0.5) is 0 Å². The highest BCUT2D eigenvalue weighted by molar-refractivity contribution is 6.31. The molecule has 0 aliphatic rings. The predicted octanol–water partition coefficient (Wildman–Crippen LogP) is 3.04. The van der Waals surface area contributed by atoms with Gasteiger partial charge in [0.25, 0.3) is 5.91 Å². The molecule has 1 aromatic carbocycles. The first kappa shape index (κ1) is 18.2. The number of pyridine rings is 1. The van der Waals surface area contributed by atoms with E-state index >= 15 is 0 Å². The molecule has 0 fully saturated rings. The van der Waals surface area contributed by atoms with Crippen LogP contribution in [0.5, 0.6) is 0 Å². The molecule has 2 rings (SSSR count). The van der Waals surface area contributed by atoms with Crippen molar-refractivity contribution in [3.63, 3.8) is 0 Å². The Morgan fingerprint density at radius 2 is 1.88 bits per heavy atom. The molecule has 0 spiro atoms. The van der Waals surface area contributed by atoms with Gasteiger partial charge in [-0.2, -0.15) is 0 Å². The van der Waals surface area contributed by atoms with Crippen LogP contribution in [-0.4, -0.2) is 41.8 Å². The summed E-state index contributed by atoms with van der Waals surface area (Å²) in [7, 11) is 3.36. The summed E-state index contributed by atoms with van der Waals surface area (Å²) < 4.78 is 0. The number of aromatic nitrogens is 1. The van der Waals surface area contributed by atoms with Crippen LogP contribution in [0.3, 0.4) is 0 Å². The van der Waals surface area contributed by atoms with Crippen LogP contribution in [0.15, 0.2) is 24.3 Å². The lowest BCUT2D eigenvalue weighted by Crippen LogP contribution is -2.49. The lowest BCUT2D eigenvalue weighted by molar-refractivity contribution is -0.131. The van der Waals surface area contributed by atoms with Gasteiger partial charge in [-0.3, -0.25) is 14.6 Å². The SMILES string of the molecule is Cc1cc(C(=O)NC(C(=O)N(C)C)C(C)C)c2ccc(Cl)cc2n1. The first-order valence-corrected chi connectivity index (χ1v) is 8.17. The summed E-state index contributed by atoms with van der Waals surface area (Å²) in [6.07, 6.45) is 0. The molecule has 2 aromatic rings. The Morgan fingerprint density at radius 3 is 2.46 bits per heavy atom. The molecule has 1 aromatic heterocycles. The maximum Gasteiger partial charge on any atom is 0.252 e. The molecule has 1 heterocycles. The zero-order valence-electron chi connectivity index (χ0n) is 14.6. The normalized spacial score (nSPS) is 12.3. The smallest absolute Gasteiger partial charge is 0.252 e. The molecule has 0 radical (unpaired) electrons. The number of hydrogen-bond acceptors (Lipinski definition) is 3. The molecular formula is C18H22ClN3O2. The molecule has 1 N–H and O–H groups in total. The molecule has 0 bridgehead atoms. The van der Waals surface area contributed by atoms with E-state index < -0.39 is 6.04 Å². The lowest BCUT2D eigenvalue weighted by atomic mass is 10.0. The van der Waals surface area contributed by atoms with Gasteiger partial charge in [-0.05, 0) is 31.0 Å². The molecule has 2 amide bonds. The number of nitrogens with zero attached hydrogens (tertiary/aromatic N) is 2. The molecule has 128 valence electrons. The van der Waals surface area contributed by atoms with Crippen LogP contribution in [0, 0.1) is 12.8 Å². The minimum absolute atomic E-state index is 0.0208. The van der Waals surface area contributed by atoms with Gasteiger partial charge in [-0.25, -0.2) is 0 Å². The molecule has 0 saturated carbocycles. The van der Waals surface area contributed by atoms with Crippen molar-refractivity contribution in [2.45, 2.75) is 26.8 Å². The zero-order valence-corrected chi connectivity index (χ0v) is 15.3. The van der Waals surface area contributed by atoms with Crippen molar-refractivity contribution in [1.82, 2.24) is 15.2 Å². The maximum absolute atomic E-state index is 12.8. The van der Waals surface area contributed by atoms with Crippen LogP contribution in [0.2, 0.25) is 5.02 Å². The molecule has 1 atom stereocenters. The van der Waals surface area contributed by atoms with Crippen molar-refractivity contribution in [3.05, 3.63) is 40.5 Å². The number of hydrogen-bond donors (Lipinski definition) is 1. The third-order valence-electron chi connectivity index (χ3n) is 3.80. The Kier molecular flexibility index (Phi) is 5.44. The summed E-state index contributed by atoms with van der Waals surface area (Å²) in [5.41, 5.74) is 1.87. The summed E-state index contributed by atoms with van der Waals surface area (Å²) in [4.78, 5) is 31.0. The highest BCUT2D eigenvalue weighted by Gasteiger charge is 2.26. The van der Waals surface area contributed by atoms with Gasteiger partial charge < -0.3 is 10.2 Å². The minimum atomic E-state index is -0.580. The Labute approximate surface area is 147 Å². The molecule has 5 nitrogen and oxygen atoms in total. The first-order chi connectivity index (χ1) is 11.2. The average Bonchev–Trinajstić information content (AvgIpc) is 2.49. The molecular weight excluding hydrogens is 326 g/mol. The van der Waals surface area contributed by atoms with Gasteiger partial charge in [0.15, 0.2) is 0 Å². The van der Waals surface area contributed by atoms with Gasteiger partial charge in [0.05, 0.1) is 11.1 Å². The van der Waals surface area contributed by atoms with Crippen LogP contribution < -0.4 is 5.32 Å². The highest BCUT2D eigenvalue weighted by Crippen LogP contribution is 2.22. The second-order valence-electron chi connectivity index (χ2n) is 6.40. The Hall–Kier alpha value is -2.14. The molecule has 24 heavy (non-hydrogen) atoms. The minimum Gasteiger partial charge on any atom is -0.347 e. The number of carbonyl (C=O) groups excluding carboxylic acids is 2. The summed E-state index contributed by atoms with van der Waals surface area (Å²) in [5.74, 6) is -0.439. The first-order valence-electron chi connectivity index (χ1n) is 7.79. The van der Waals surface area contributed by atoms with Gasteiger partial charge in [-0.1, -0.05) is 31.5 Å². The quantitative estimate of drug-likeness (QED) is 0.924. The summed E-state index contributed by atoms with van der Waals surface area (Å²) in [6.45, 7) is 5.63. The molecule has 6 heteroatoms. The van der Waals surface area contributed by atoms with Crippen LogP contribution >= 0.6 is 11.6 Å². The van der Waals surface area contributed by atoms with Crippen LogP contribution in [0.1, 0.15) is 29.9 Å². The fraction of sp³-hybridized carbons (Fsp3) is 0.389. The topological polar surface area (TPSA) is 62.3 Å².